The molecule has 0 saturated carbocycles. The zero-order valence-corrected chi connectivity index (χ0v) is 7.48. The van der Waals surface area contributed by atoms with E-state index >= 15 is 0 Å². The summed E-state index contributed by atoms with van der Waals surface area (Å²) in [4.78, 5) is 25.6. The predicted molar refractivity (Wildman–Crippen MR) is 47.7 cm³/mol. The minimum atomic E-state index is -1.09. The van der Waals surface area contributed by atoms with E-state index < -0.39 is 11.9 Å². The molecule has 74 valence electrons. The van der Waals surface area contributed by atoms with Gasteiger partial charge in [-0.3, -0.25) is 0 Å². The lowest BCUT2D eigenvalue weighted by atomic mass is 10.1. The number of carbonyl (C=O) groups excluding carboxylic acids is 1. The molecule has 1 aromatic carbocycles. The van der Waals surface area contributed by atoms with Crippen molar-refractivity contribution in [2.24, 2.45) is 5.90 Å². The second kappa shape index (κ2) is 3.89. The molecule has 0 amide bonds. The first-order chi connectivity index (χ1) is 6.56. The monoisotopic (exact) mass is 195 g/mol. The van der Waals surface area contributed by atoms with Gasteiger partial charge in [0.05, 0.1) is 11.1 Å². The molecule has 0 spiro atoms. The van der Waals surface area contributed by atoms with Crippen molar-refractivity contribution in [1.82, 2.24) is 0 Å². The summed E-state index contributed by atoms with van der Waals surface area (Å²) < 4.78 is 0. The molecule has 0 saturated heterocycles. The van der Waals surface area contributed by atoms with Gasteiger partial charge in [-0.15, -0.1) is 0 Å². The van der Waals surface area contributed by atoms with Crippen molar-refractivity contribution in [2.45, 2.75) is 6.92 Å². The molecule has 0 radical (unpaired) electrons. The Morgan fingerprint density at radius 1 is 1.43 bits per heavy atom. The lowest BCUT2D eigenvalue weighted by Crippen LogP contribution is -2.11. The average Bonchev–Trinajstić information content (AvgIpc) is 2.17. The molecule has 1 aromatic rings. The predicted octanol–water partition coefficient (Wildman–Crippen LogP) is 0.724. The Hall–Kier alpha value is -1.88. The summed E-state index contributed by atoms with van der Waals surface area (Å²) in [7, 11) is 0. The normalized spacial score (nSPS) is 9.57. The van der Waals surface area contributed by atoms with Crippen molar-refractivity contribution >= 4 is 11.9 Å². The molecule has 0 atom stereocenters. The molecule has 0 aliphatic heterocycles. The quantitative estimate of drug-likeness (QED) is 0.679. The number of carboxylic acid groups (broad SMARTS) is 1. The van der Waals surface area contributed by atoms with Crippen molar-refractivity contribution < 1.29 is 19.5 Å². The van der Waals surface area contributed by atoms with Crippen LogP contribution in [-0.2, 0) is 4.84 Å². The van der Waals surface area contributed by atoms with Gasteiger partial charge in [0, 0.05) is 0 Å². The van der Waals surface area contributed by atoms with Gasteiger partial charge < -0.3 is 9.94 Å². The van der Waals surface area contributed by atoms with Gasteiger partial charge in [-0.05, 0) is 24.6 Å². The number of aromatic carboxylic acids is 1. The summed E-state index contributed by atoms with van der Waals surface area (Å²) in [6.07, 6.45) is 0. The van der Waals surface area contributed by atoms with Crippen molar-refractivity contribution in [2.75, 3.05) is 0 Å². The van der Waals surface area contributed by atoms with Gasteiger partial charge >= 0.3 is 11.9 Å². The lowest BCUT2D eigenvalue weighted by molar-refractivity contribution is 0.0503. The van der Waals surface area contributed by atoms with Gasteiger partial charge in [0.25, 0.3) is 0 Å². The highest BCUT2D eigenvalue weighted by Gasteiger charge is 2.12. The van der Waals surface area contributed by atoms with E-state index in [9.17, 15) is 9.59 Å². The summed E-state index contributed by atoms with van der Waals surface area (Å²) in [5.41, 5.74) is 0.759. The molecule has 0 aliphatic rings. The molecule has 0 aliphatic carbocycles. The van der Waals surface area contributed by atoms with Gasteiger partial charge in [0.2, 0.25) is 0 Å². The summed E-state index contributed by atoms with van der Waals surface area (Å²) in [6.45, 7) is 1.64. The van der Waals surface area contributed by atoms with Crippen LogP contribution in [0.4, 0.5) is 0 Å². The number of hydrogen-bond donors (Lipinski definition) is 2. The molecule has 0 heterocycles. The Kier molecular flexibility index (Phi) is 2.83. The molecular weight excluding hydrogens is 186 g/mol. The third-order valence-corrected chi connectivity index (χ3v) is 1.81. The smallest absolute Gasteiger partial charge is 0.356 e. The van der Waals surface area contributed by atoms with Crippen LogP contribution in [0.1, 0.15) is 26.3 Å². The number of aryl methyl sites for hydroxylation is 1. The Balaban J connectivity index is 3.19. The Morgan fingerprint density at radius 2 is 2.07 bits per heavy atom. The van der Waals surface area contributed by atoms with Crippen LogP contribution in [-0.4, -0.2) is 17.0 Å². The molecular formula is C9H9NO4. The number of nitrogens with two attached hydrogens (primary N) is 1. The molecule has 0 unspecified atom stereocenters. The second-order valence-corrected chi connectivity index (χ2v) is 2.74. The first kappa shape index (κ1) is 10.2. The maximum absolute atomic E-state index is 11.0. The largest absolute Gasteiger partial charge is 0.478 e. The highest BCUT2D eigenvalue weighted by atomic mass is 16.7. The maximum atomic E-state index is 11.0. The third-order valence-electron chi connectivity index (χ3n) is 1.81. The average molecular weight is 195 g/mol. The number of rotatable bonds is 2. The number of carboxylic acids is 1. The molecule has 0 aromatic heterocycles. The lowest BCUT2D eigenvalue weighted by Gasteiger charge is -2.02. The highest BCUT2D eigenvalue weighted by molar-refractivity contribution is 5.95. The second-order valence-electron chi connectivity index (χ2n) is 2.74. The van der Waals surface area contributed by atoms with Gasteiger partial charge in [-0.25, -0.2) is 9.59 Å². The van der Waals surface area contributed by atoms with Crippen LogP contribution >= 0.6 is 0 Å². The Morgan fingerprint density at radius 3 is 2.57 bits per heavy atom. The van der Waals surface area contributed by atoms with Crippen molar-refractivity contribution in [3.05, 3.63) is 34.9 Å². The molecule has 3 N–H and O–H groups in total. The maximum Gasteiger partial charge on any atom is 0.356 e. The van der Waals surface area contributed by atoms with E-state index in [0.717, 1.165) is 0 Å². The molecule has 0 fully saturated rings. The summed E-state index contributed by atoms with van der Waals surface area (Å²) in [5.74, 6) is 2.83. The van der Waals surface area contributed by atoms with Crippen LogP contribution in [0.3, 0.4) is 0 Å². The van der Waals surface area contributed by atoms with Gasteiger partial charge in [-0.1, -0.05) is 6.07 Å². The number of carbonyl (C=O) groups is 2. The molecule has 0 bridgehead atoms. The minimum absolute atomic E-state index is 0.0629. The fourth-order valence-electron chi connectivity index (χ4n) is 1.05. The first-order valence-corrected chi connectivity index (χ1v) is 3.81. The van der Waals surface area contributed by atoms with Crippen LogP contribution in [0.2, 0.25) is 0 Å². The molecule has 14 heavy (non-hydrogen) atoms. The topological polar surface area (TPSA) is 89.6 Å². The zero-order valence-electron chi connectivity index (χ0n) is 7.48. The minimum Gasteiger partial charge on any atom is -0.478 e. The highest BCUT2D eigenvalue weighted by Crippen LogP contribution is 2.11. The van der Waals surface area contributed by atoms with Crippen LogP contribution in [0.25, 0.3) is 0 Å². The van der Waals surface area contributed by atoms with Gasteiger partial charge in [0.1, 0.15) is 0 Å². The number of hydrogen-bond acceptors (Lipinski definition) is 4. The van der Waals surface area contributed by atoms with Gasteiger partial charge in [0.15, 0.2) is 0 Å². The van der Waals surface area contributed by atoms with Gasteiger partial charge in [-0.2, -0.15) is 5.90 Å². The summed E-state index contributed by atoms with van der Waals surface area (Å²) >= 11 is 0. The van der Waals surface area contributed by atoms with E-state index in [4.69, 9.17) is 5.11 Å². The van der Waals surface area contributed by atoms with Crippen LogP contribution in [0.5, 0.6) is 0 Å². The first-order valence-electron chi connectivity index (χ1n) is 3.81. The van der Waals surface area contributed by atoms with E-state index in [1.807, 2.05) is 0 Å². The number of benzene rings is 1. The van der Waals surface area contributed by atoms with Crippen LogP contribution in [0, 0.1) is 6.92 Å². The van der Waals surface area contributed by atoms with Crippen LogP contribution in [0.15, 0.2) is 18.2 Å². The fourth-order valence-corrected chi connectivity index (χ4v) is 1.05. The van der Waals surface area contributed by atoms with Crippen LogP contribution < -0.4 is 5.90 Å². The van der Waals surface area contributed by atoms with E-state index in [1.54, 1.807) is 6.92 Å². The molecule has 5 nitrogen and oxygen atoms in total. The van der Waals surface area contributed by atoms with Crippen molar-refractivity contribution in [3.8, 4) is 0 Å². The fraction of sp³-hybridized carbons (Fsp3) is 0.111. The standard InChI is InChI=1S/C9H9NO4/c1-5-2-3-6(9(13)14-10)4-7(5)8(11)12/h2-4H,10H2,1H3,(H,11,12). The molecule has 1 rings (SSSR count). The third kappa shape index (κ3) is 1.89. The van der Waals surface area contributed by atoms with Crippen molar-refractivity contribution in [3.63, 3.8) is 0 Å². The zero-order chi connectivity index (χ0) is 10.7. The Labute approximate surface area is 80.1 Å². The Bertz CT molecular complexity index is 386. The van der Waals surface area contributed by atoms with E-state index in [-0.39, 0.29) is 11.1 Å². The summed E-state index contributed by atoms with van der Waals surface area (Å²) in [5, 5.41) is 8.76. The van der Waals surface area contributed by atoms with E-state index in [2.05, 4.69) is 10.7 Å². The molecule has 5 heteroatoms. The SMILES string of the molecule is Cc1ccc(C(=O)ON)cc1C(=O)O. The van der Waals surface area contributed by atoms with Crippen molar-refractivity contribution in [1.29, 1.82) is 0 Å². The van der Waals surface area contributed by atoms with E-state index in [0.29, 0.717) is 5.56 Å². The van der Waals surface area contributed by atoms with E-state index in [1.165, 1.54) is 18.2 Å². The summed E-state index contributed by atoms with van der Waals surface area (Å²) in [6, 6.07) is 4.21.